The molecule has 0 atom stereocenters. The summed E-state index contributed by atoms with van der Waals surface area (Å²) in [5.74, 6) is 1.07. The highest BCUT2D eigenvalue weighted by Gasteiger charge is 2.17. The minimum Gasteiger partial charge on any atom is -0.493 e. The molecule has 2 aromatic rings. The predicted molar refractivity (Wildman–Crippen MR) is 99.5 cm³/mol. The summed E-state index contributed by atoms with van der Waals surface area (Å²) < 4.78 is 33.6. The van der Waals surface area contributed by atoms with E-state index in [2.05, 4.69) is 0 Å². The van der Waals surface area contributed by atoms with E-state index in [1.54, 1.807) is 25.2 Å². The maximum Gasteiger partial charge on any atom is 0.254 e. The first-order chi connectivity index (χ1) is 12.3. The molecule has 6 nitrogen and oxygen atoms in total. The Labute approximate surface area is 154 Å². The van der Waals surface area contributed by atoms with Gasteiger partial charge in [-0.05, 0) is 48.9 Å². The molecule has 0 aliphatic heterocycles. The van der Waals surface area contributed by atoms with Crippen LogP contribution in [0.2, 0.25) is 0 Å². The molecule has 2 aromatic carbocycles. The van der Waals surface area contributed by atoms with Crippen LogP contribution >= 0.6 is 0 Å². The molecular weight excluding hydrogens is 354 g/mol. The number of sulfone groups is 1. The normalized spacial score (nSPS) is 11.1. The molecule has 0 heterocycles. The lowest BCUT2D eigenvalue weighted by molar-refractivity contribution is 0.0752. The minimum absolute atomic E-state index is 0.165. The Bertz CT molecular complexity index is 875. The molecule has 0 aliphatic carbocycles. The van der Waals surface area contributed by atoms with E-state index in [1.165, 1.54) is 24.3 Å². The topological polar surface area (TPSA) is 72.9 Å². The van der Waals surface area contributed by atoms with Gasteiger partial charge in [-0.2, -0.15) is 0 Å². The predicted octanol–water partition coefficient (Wildman–Crippen LogP) is 2.77. The largest absolute Gasteiger partial charge is 0.493 e. The molecule has 0 unspecified atom stereocenters. The first kappa shape index (κ1) is 19.8. The van der Waals surface area contributed by atoms with Crippen LogP contribution in [-0.2, 0) is 16.4 Å². The standard InChI is InChI=1S/C19H23NO5S/c1-5-20(13-14-6-11-17(24-2)18(12-14)25-3)19(21)15-7-9-16(10-8-15)26(4,22)23/h6-12H,5,13H2,1-4H3. The van der Waals surface area contributed by atoms with Crippen LogP contribution in [0.15, 0.2) is 47.4 Å². The summed E-state index contributed by atoms with van der Waals surface area (Å²) >= 11 is 0. The van der Waals surface area contributed by atoms with Gasteiger partial charge in [0.25, 0.3) is 5.91 Å². The molecule has 0 saturated carbocycles. The van der Waals surface area contributed by atoms with Gasteiger partial charge in [-0.15, -0.1) is 0 Å². The second kappa shape index (κ2) is 8.23. The Morgan fingerprint density at radius 3 is 2.12 bits per heavy atom. The van der Waals surface area contributed by atoms with Gasteiger partial charge in [-0.3, -0.25) is 4.79 Å². The summed E-state index contributed by atoms with van der Waals surface area (Å²) in [7, 11) is -0.152. The van der Waals surface area contributed by atoms with E-state index in [-0.39, 0.29) is 10.8 Å². The summed E-state index contributed by atoms with van der Waals surface area (Å²) in [6, 6.07) is 11.5. The van der Waals surface area contributed by atoms with Crippen LogP contribution in [-0.4, -0.2) is 46.2 Å². The molecule has 0 aromatic heterocycles. The average molecular weight is 377 g/mol. The smallest absolute Gasteiger partial charge is 0.254 e. The molecular formula is C19H23NO5S. The summed E-state index contributed by atoms with van der Waals surface area (Å²) in [5.41, 5.74) is 1.35. The zero-order chi connectivity index (χ0) is 19.3. The summed E-state index contributed by atoms with van der Waals surface area (Å²) in [5, 5.41) is 0. The van der Waals surface area contributed by atoms with E-state index >= 15 is 0 Å². The molecule has 0 aliphatic rings. The van der Waals surface area contributed by atoms with Crippen molar-refractivity contribution in [1.29, 1.82) is 0 Å². The number of nitrogens with zero attached hydrogens (tertiary/aromatic N) is 1. The van der Waals surface area contributed by atoms with Crippen LogP contribution in [0.4, 0.5) is 0 Å². The van der Waals surface area contributed by atoms with E-state index in [1.807, 2.05) is 19.1 Å². The Morgan fingerprint density at radius 1 is 1.00 bits per heavy atom. The number of carbonyl (C=O) groups excluding carboxylic acids is 1. The van der Waals surface area contributed by atoms with Crippen molar-refractivity contribution < 1.29 is 22.7 Å². The quantitative estimate of drug-likeness (QED) is 0.742. The van der Waals surface area contributed by atoms with Crippen molar-refractivity contribution in [2.24, 2.45) is 0 Å². The van der Waals surface area contributed by atoms with Crippen LogP contribution in [0.25, 0.3) is 0 Å². The fourth-order valence-electron chi connectivity index (χ4n) is 2.55. The minimum atomic E-state index is -3.28. The van der Waals surface area contributed by atoms with Gasteiger partial charge in [0.1, 0.15) is 0 Å². The summed E-state index contributed by atoms with van der Waals surface area (Å²) in [4.78, 5) is 14.6. The molecule has 0 radical (unpaired) electrons. The van der Waals surface area contributed by atoms with E-state index in [0.717, 1.165) is 11.8 Å². The van der Waals surface area contributed by atoms with Crippen LogP contribution in [0.5, 0.6) is 11.5 Å². The number of benzene rings is 2. The summed E-state index contributed by atoms with van der Waals surface area (Å²) in [6.45, 7) is 2.81. The SMILES string of the molecule is CCN(Cc1ccc(OC)c(OC)c1)C(=O)c1ccc(S(C)(=O)=O)cc1. The molecule has 1 amide bonds. The number of carbonyl (C=O) groups is 1. The molecule has 26 heavy (non-hydrogen) atoms. The van der Waals surface area contributed by atoms with Crippen molar-refractivity contribution >= 4 is 15.7 Å². The van der Waals surface area contributed by atoms with Crippen molar-refractivity contribution in [3.05, 3.63) is 53.6 Å². The third-order valence-corrected chi connectivity index (χ3v) is 5.15. The summed E-state index contributed by atoms with van der Waals surface area (Å²) in [6.07, 6.45) is 1.14. The third kappa shape index (κ3) is 4.54. The van der Waals surface area contributed by atoms with Crippen LogP contribution < -0.4 is 9.47 Å². The van der Waals surface area contributed by atoms with E-state index in [4.69, 9.17) is 9.47 Å². The Hall–Kier alpha value is -2.54. The van der Waals surface area contributed by atoms with Crippen LogP contribution in [0, 0.1) is 0 Å². The molecule has 0 saturated heterocycles. The third-order valence-electron chi connectivity index (χ3n) is 4.02. The van der Waals surface area contributed by atoms with Gasteiger partial charge in [-0.25, -0.2) is 8.42 Å². The van der Waals surface area contributed by atoms with E-state index in [9.17, 15) is 13.2 Å². The van der Waals surface area contributed by atoms with Crippen molar-refractivity contribution in [3.8, 4) is 11.5 Å². The van der Waals surface area contributed by atoms with E-state index < -0.39 is 9.84 Å². The van der Waals surface area contributed by atoms with Crippen molar-refractivity contribution in [2.75, 3.05) is 27.0 Å². The molecule has 0 spiro atoms. The first-order valence-electron chi connectivity index (χ1n) is 8.10. The maximum absolute atomic E-state index is 12.7. The number of rotatable bonds is 7. The molecule has 140 valence electrons. The lowest BCUT2D eigenvalue weighted by Crippen LogP contribution is -2.30. The monoisotopic (exact) mass is 377 g/mol. The van der Waals surface area contributed by atoms with Gasteiger partial charge in [-0.1, -0.05) is 6.07 Å². The Morgan fingerprint density at radius 2 is 1.62 bits per heavy atom. The number of ether oxygens (including phenoxy) is 2. The van der Waals surface area contributed by atoms with Gasteiger partial charge >= 0.3 is 0 Å². The fourth-order valence-corrected chi connectivity index (χ4v) is 3.18. The fraction of sp³-hybridized carbons (Fsp3) is 0.316. The van der Waals surface area contributed by atoms with Gasteiger partial charge in [0.2, 0.25) is 0 Å². The molecule has 0 bridgehead atoms. The lowest BCUT2D eigenvalue weighted by atomic mass is 10.1. The highest BCUT2D eigenvalue weighted by atomic mass is 32.2. The second-order valence-corrected chi connectivity index (χ2v) is 7.82. The molecule has 0 fully saturated rings. The number of hydrogen-bond donors (Lipinski definition) is 0. The van der Waals surface area contributed by atoms with Crippen molar-refractivity contribution in [1.82, 2.24) is 4.90 Å². The average Bonchev–Trinajstić information content (AvgIpc) is 2.64. The lowest BCUT2D eigenvalue weighted by Gasteiger charge is -2.22. The van der Waals surface area contributed by atoms with E-state index in [0.29, 0.717) is 30.2 Å². The van der Waals surface area contributed by atoms with Gasteiger partial charge in [0.05, 0.1) is 19.1 Å². The van der Waals surface area contributed by atoms with Gasteiger partial charge < -0.3 is 14.4 Å². The van der Waals surface area contributed by atoms with Gasteiger partial charge in [0.15, 0.2) is 21.3 Å². The zero-order valence-corrected chi connectivity index (χ0v) is 16.2. The Kier molecular flexibility index (Phi) is 6.26. The maximum atomic E-state index is 12.7. The zero-order valence-electron chi connectivity index (χ0n) is 15.4. The number of methoxy groups -OCH3 is 2. The highest BCUT2D eigenvalue weighted by Crippen LogP contribution is 2.28. The first-order valence-corrected chi connectivity index (χ1v) is 9.99. The van der Waals surface area contributed by atoms with Gasteiger partial charge in [0, 0.05) is 24.9 Å². The van der Waals surface area contributed by atoms with Crippen LogP contribution in [0.3, 0.4) is 0 Å². The molecule has 7 heteroatoms. The number of amides is 1. The van der Waals surface area contributed by atoms with Crippen LogP contribution in [0.1, 0.15) is 22.8 Å². The van der Waals surface area contributed by atoms with Crippen molar-refractivity contribution in [3.63, 3.8) is 0 Å². The molecule has 0 N–H and O–H groups in total. The second-order valence-electron chi connectivity index (χ2n) is 5.81. The number of hydrogen-bond acceptors (Lipinski definition) is 5. The van der Waals surface area contributed by atoms with Crippen molar-refractivity contribution in [2.45, 2.75) is 18.4 Å². The highest BCUT2D eigenvalue weighted by molar-refractivity contribution is 7.90. The Balaban J connectivity index is 2.21. The molecule has 2 rings (SSSR count).